The molecule has 2 rings (SSSR count). The number of benzene rings is 2. The van der Waals surface area contributed by atoms with Crippen molar-refractivity contribution in [3.05, 3.63) is 69.8 Å². The molecule has 0 unspecified atom stereocenters. The fourth-order valence-electron chi connectivity index (χ4n) is 2.39. The van der Waals surface area contributed by atoms with Crippen LogP contribution in [0.1, 0.15) is 47.8 Å². The van der Waals surface area contributed by atoms with Crippen molar-refractivity contribution in [1.29, 1.82) is 0 Å². The summed E-state index contributed by atoms with van der Waals surface area (Å²) in [6.07, 6.45) is -10.0. The summed E-state index contributed by atoms with van der Waals surface area (Å²) in [5, 5.41) is 17.9. The first-order valence-corrected chi connectivity index (χ1v) is 7.17. The predicted octanol–water partition coefficient (Wildman–Crippen LogP) is 4.35. The van der Waals surface area contributed by atoms with Crippen LogP contribution in [-0.4, -0.2) is 27.9 Å². The predicted molar refractivity (Wildman–Crippen MR) is 80.2 cm³/mol. The number of halogens is 6. The molecule has 0 amide bonds. The van der Waals surface area contributed by atoms with Gasteiger partial charge in [-0.3, -0.25) is 4.79 Å². The lowest BCUT2D eigenvalue weighted by Crippen LogP contribution is -2.16. The van der Waals surface area contributed by atoms with Gasteiger partial charge in [0.1, 0.15) is 0 Å². The SMILES string of the molecule is O=C(c1ccc(C(F)(F)F)c(C(=O)O)c1)c1ccc(C(F)(F)F)c(C(=O)O)c1. The second-order valence-corrected chi connectivity index (χ2v) is 5.46. The first-order chi connectivity index (χ1) is 12.7. The van der Waals surface area contributed by atoms with Gasteiger partial charge in [-0.2, -0.15) is 26.3 Å². The van der Waals surface area contributed by atoms with E-state index in [1.165, 1.54) is 0 Å². The van der Waals surface area contributed by atoms with Crippen LogP contribution in [0.3, 0.4) is 0 Å². The van der Waals surface area contributed by atoms with E-state index in [0.29, 0.717) is 36.4 Å². The maximum atomic E-state index is 12.8. The van der Waals surface area contributed by atoms with E-state index in [4.69, 9.17) is 10.2 Å². The first kappa shape index (κ1) is 20.9. The molecular formula is C17H8F6O5. The Morgan fingerprint density at radius 2 is 0.964 bits per heavy atom. The van der Waals surface area contributed by atoms with Crippen molar-refractivity contribution in [3.8, 4) is 0 Å². The van der Waals surface area contributed by atoms with E-state index in [9.17, 15) is 40.7 Å². The number of hydrogen-bond donors (Lipinski definition) is 2. The molecule has 0 saturated carbocycles. The Kier molecular flexibility index (Phi) is 5.22. The molecule has 0 aliphatic heterocycles. The Hall–Kier alpha value is -3.37. The van der Waals surface area contributed by atoms with Crippen LogP contribution < -0.4 is 0 Å². The summed E-state index contributed by atoms with van der Waals surface area (Å²) >= 11 is 0. The summed E-state index contributed by atoms with van der Waals surface area (Å²) in [6, 6.07) is 2.83. The summed E-state index contributed by atoms with van der Waals surface area (Å²) < 4.78 is 77.1. The van der Waals surface area contributed by atoms with Crippen LogP contribution in [0.25, 0.3) is 0 Å². The molecule has 28 heavy (non-hydrogen) atoms. The van der Waals surface area contributed by atoms with E-state index in [1.807, 2.05) is 0 Å². The number of carboxylic acids is 2. The van der Waals surface area contributed by atoms with E-state index in [-0.39, 0.29) is 0 Å². The number of carbonyl (C=O) groups excluding carboxylic acids is 1. The van der Waals surface area contributed by atoms with Crippen molar-refractivity contribution in [2.24, 2.45) is 0 Å². The minimum Gasteiger partial charge on any atom is -0.478 e. The van der Waals surface area contributed by atoms with Crippen LogP contribution in [0.15, 0.2) is 36.4 Å². The standard InChI is InChI=1S/C17H8F6O5/c18-16(19,20)11-3-1-7(5-9(11)14(25)26)13(24)8-2-4-12(17(21,22)23)10(6-8)15(27)28/h1-6H,(H,25,26)(H,27,28). The van der Waals surface area contributed by atoms with Gasteiger partial charge < -0.3 is 10.2 Å². The number of rotatable bonds is 4. The van der Waals surface area contributed by atoms with Crippen molar-refractivity contribution in [1.82, 2.24) is 0 Å². The highest BCUT2D eigenvalue weighted by Gasteiger charge is 2.37. The molecule has 0 fully saturated rings. The molecular weight excluding hydrogens is 398 g/mol. The molecule has 0 saturated heterocycles. The zero-order valence-corrected chi connectivity index (χ0v) is 13.4. The third kappa shape index (κ3) is 4.13. The Bertz CT molecular complexity index is 897. The minimum atomic E-state index is -5.01. The van der Waals surface area contributed by atoms with Gasteiger partial charge in [-0.15, -0.1) is 0 Å². The fourth-order valence-corrected chi connectivity index (χ4v) is 2.39. The fraction of sp³-hybridized carbons (Fsp3) is 0.118. The molecule has 11 heteroatoms. The average Bonchev–Trinajstić information content (AvgIpc) is 2.58. The summed E-state index contributed by atoms with van der Waals surface area (Å²) in [7, 11) is 0. The topological polar surface area (TPSA) is 91.7 Å². The van der Waals surface area contributed by atoms with E-state index in [0.717, 1.165) is 0 Å². The van der Waals surface area contributed by atoms with E-state index >= 15 is 0 Å². The third-order valence-electron chi connectivity index (χ3n) is 3.64. The Morgan fingerprint density at radius 3 is 1.21 bits per heavy atom. The second kappa shape index (κ2) is 6.98. The molecule has 0 aliphatic carbocycles. The van der Waals surface area contributed by atoms with Crippen molar-refractivity contribution in [2.75, 3.05) is 0 Å². The van der Waals surface area contributed by atoms with Crippen molar-refractivity contribution < 1.29 is 50.9 Å². The molecule has 2 aromatic carbocycles. The smallest absolute Gasteiger partial charge is 0.417 e. The highest BCUT2D eigenvalue weighted by Crippen LogP contribution is 2.34. The lowest BCUT2D eigenvalue weighted by molar-refractivity contribution is -0.138. The average molecular weight is 406 g/mol. The van der Waals surface area contributed by atoms with Crippen molar-refractivity contribution in [3.63, 3.8) is 0 Å². The molecule has 148 valence electrons. The van der Waals surface area contributed by atoms with Gasteiger partial charge in [-0.05, 0) is 24.3 Å². The van der Waals surface area contributed by atoms with E-state index in [1.54, 1.807) is 0 Å². The highest BCUT2D eigenvalue weighted by atomic mass is 19.4. The minimum absolute atomic E-state index is 0.346. The first-order valence-electron chi connectivity index (χ1n) is 7.17. The van der Waals surface area contributed by atoms with Gasteiger partial charge in [0.05, 0.1) is 22.3 Å². The Morgan fingerprint density at radius 1 is 0.643 bits per heavy atom. The van der Waals surface area contributed by atoms with Crippen LogP contribution in [0.2, 0.25) is 0 Å². The summed E-state index contributed by atoms with van der Waals surface area (Å²) in [5.41, 5.74) is -6.64. The summed E-state index contributed by atoms with van der Waals surface area (Å²) in [6.45, 7) is 0. The normalized spacial score (nSPS) is 11.9. The number of aromatic carboxylic acids is 2. The highest BCUT2D eigenvalue weighted by molar-refractivity contribution is 6.11. The van der Waals surface area contributed by atoms with Crippen molar-refractivity contribution in [2.45, 2.75) is 12.4 Å². The molecule has 0 aliphatic rings. The lowest BCUT2D eigenvalue weighted by Gasteiger charge is -2.13. The molecule has 0 radical (unpaired) electrons. The summed E-state index contributed by atoms with van der Waals surface area (Å²) in [5.74, 6) is -5.09. The van der Waals surface area contributed by atoms with Crippen LogP contribution >= 0.6 is 0 Å². The number of alkyl halides is 6. The molecule has 2 N–H and O–H groups in total. The van der Waals surface area contributed by atoms with Gasteiger partial charge in [0.2, 0.25) is 0 Å². The Labute approximate surface area is 151 Å². The van der Waals surface area contributed by atoms with E-state index < -0.39 is 63.5 Å². The van der Waals surface area contributed by atoms with Gasteiger partial charge in [0.25, 0.3) is 0 Å². The van der Waals surface area contributed by atoms with Crippen LogP contribution in [0.5, 0.6) is 0 Å². The van der Waals surface area contributed by atoms with Gasteiger partial charge >= 0.3 is 24.3 Å². The monoisotopic (exact) mass is 406 g/mol. The Balaban J connectivity index is 2.58. The second-order valence-electron chi connectivity index (χ2n) is 5.46. The van der Waals surface area contributed by atoms with Gasteiger partial charge in [0.15, 0.2) is 5.78 Å². The zero-order chi connectivity index (χ0) is 21.4. The zero-order valence-electron chi connectivity index (χ0n) is 13.4. The van der Waals surface area contributed by atoms with Gasteiger partial charge in [0, 0.05) is 11.1 Å². The van der Waals surface area contributed by atoms with Crippen LogP contribution in [-0.2, 0) is 12.4 Å². The molecule has 2 aromatic rings. The molecule has 5 nitrogen and oxygen atoms in total. The quantitative estimate of drug-likeness (QED) is 0.582. The summed E-state index contributed by atoms with van der Waals surface area (Å²) in [4.78, 5) is 34.5. The van der Waals surface area contributed by atoms with Crippen LogP contribution in [0.4, 0.5) is 26.3 Å². The van der Waals surface area contributed by atoms with Crippen molar-refractivity contribution >= 4 is 17.7 Å². The van der Waals surface area contributed by atoms with Crippen LogP contribution in [0, 0.1) is 0 Å². The number of hydrogen-bond acceptors (Lipinski definition) is 3. The lowest BCUT2D eigenvalue weighted by atomic mass is 9.95. The number of carbonyl (C=O) groups is 3. The van der Waals surface area contributed by atoms with Gasteiger partial charge in [-0.25, -0.2) is 9.59 Å². The number of carboxylic acid groups (broad SMARTS) is 2. The largest absolute Gasteiger partial charge is 0.478 e. The van der Waals surface area contributed by atoms with Gasteiger partial charge in [-0.1, -0.05) is 12.1 Å². The molecule has 0 spiro atoms. The maximum Gasteiger partial charge on any atom is 0.417 e. The van der Waals surface area contributed by atoms with E-state index in [2.05, 4.69) is 0 Å². The molecule has 0 heterocycles. The molecule has 0 atom stereocenters. The molecule has 0 aromatic heterocycles. The maximum absolute atomic E-state index is 12.8. The molecule has 0 bridgehead atoms. The number of ketones is 1. The third-order valence-corrected chi connectivity index (χ3v) is 3.64.